The zero-order chi connectivity index (χ0) is 11.2. The monoisotopic (exact) mass is 209 g/mol. The minimum Gasteiger partial charge on any atom is -0.0801 e. The van der Waals surface area contributed by atoms with Gasteiger partial charge < -0.3 is 0 Å². The van der Waals surface area contributed by atoms with E-state index in [2.05, 4.69) is 28.3 Å². The van der Waals surface area contributed by atoms with E-state index in [1.165, 1.54) is 5.57 Å². The van der Waals surface area contributed by atoms with Crippen molar-refractivity contribution in [2.75, 3.05) is 0 Å². The van der Waals surface area contributed by atoms with E-state index in [1.54, 1.807) is 0 Å². The predicted molar refractivity (Wildman–Crippen MR) is 66.1 cm³/mol. The summed E-state index contributed by atoms with van der Waals surface area (Å²) in [5.41, 5.74) is 11.3. The Morgan fingerprint density at radius 2 is 2.00 bits per heavy atom. The normalized spacial score (nSPS) is 16.1. The largest absolute Gasteiger partial charge is 0.0801 e. The van der Waals surface area contributed by atoms with Crippen molar-refractivity contribution in [2.24, 2.45) is 5.11 Å². The second kappa shape index (κ2) is 5.01. The summed E-state index contributed by atoms with van der Waals surface area (Å²) in [4.78, 5) is 2.74. The lowest BCUT2D eigenvalue weighted by Crippen LogP contribution is -1.80. The van der Waals surface area contributed by atoms with Gasteiger partial charge in [-0.3, -0.25) is 0 Å². The van der Waals surface area contributed by atoms with Crippen molar-refractivity contribution in [3.63, 3.8) is 0 Å². The van der Waals surface area contributed by atoms with Crippen LogP contribution in [-0.4, -0.2) is 0 Å². The first-order valence-corrected chi connectivity index (χ1v) is 5.07. The van der Waals surface area contributed by atoms with Gasteiger partial charge in [0.2, 0.25) is 0 Å². The van der Waals surface area contributed by atoms with E-state index in [9.17, 15) is 0 Å². The first-order valence-electron chi connectivity index (χ1n) is 5.07. The van der Waals surface area contributed by atoms with E-state index >= 15 is 0 Å². The Kier molecular flexibility index (Phi) is 3.22. The lowest BCUT2D eigenvalue weighted by molar-refractivity contribution is 1.28. The Morgan fingerprint density at radius 3 is 2.62 bits per heavy atom. The highest BCUT2D eigenvalue weighted by Gasteiger charge is 1.95. The van der Waals surface area contributed by atoms with Crippen LogP contribution in [0.3, 0.4) is 0 Å². The van der Waals surface area contributed by atoms with Crippen LogP contribution in [0.4, 0.5) is 5.69 Å². The average Bonchev–Trinajstić information content (AvgIpc) is 2.33. The summed E-state index contributed by atoms with van der Waals surface area (Å²) in [5, 5.41) is 3.53. The van der Waals surface area contributed by atoms with Gasteiger partial charge in [-0.05, 0) is 23.1 Å². The summed E-state index contributed by atoms with van der Waals surface area (Å²) >= 11 is 0. The van der Waals surface area contributed by atoms with Gasteiger partial charge in [0, 0.05) is 10.6 Å². The van der Waals surface area contributed by atoms with Crippen LogP contribution in [-0.2, 0) is 0 Å². The van der Waals surface area contributed by atoms with Gasteiger partial charge in [-0.1, -0.05) is 59.8 Å². The molecule has 3 heteroatoms. The van der Waals surface area contributed by atoms with E-state index in [1.807, 2.05) is 36.4 Å². The molecular formula is C13H11N3. The molecule has 0 fully saturated rings. The van der Waals surface area contributed by atoms with Crippen LogP contribution >= 0.6 is 0 Å². The summed E-state index contributed by atoms with van der Waals surface area (Å²) in [5.74, 6) is 0. The Labute approximate surface area is 94.0 Å². The van der Waals surface area contributed by atoms with Crippen LogP contribution in [0.15, 0.2) is 59.3 Å². The highest BCUT2D eigenvalue weighted by Crippen LogP contribution is 2.18. The third-order valence-electron chi connectivity index (χ3n) is 2.32. The zero-order valence-electron chi connectivity index (χ0n) is 8.74. The molecule has 1 aromatic rings. The van der Waals surface area contributed by atoms with Crippen LogP contribution in [0.25, 0.3) is 16.5 Å². The fourth-order valence-electron chi connectivity index (χ4n) is 1.54. The number of azide groups is 1. The molecule has 1 aliphatic rings. The maximum Gasteiger partial charge on any atom is 0.0375 e. The van der Waals surface area contributed by atoms with Gasteiger partial charge in [0.15, 0.2) is 0 Å². The van der Waals surface area contributed by atoms with Gasteiger partial charge in [0.25, 0.3) is 0 Å². The molecule has 78 valence electrons. The minimum absolute atomic E-state index is 0.642. The first-order chi connectivity index (χ1) is 7.88. The van der Waals surface area contributed by atoms with Gasteiger partial charge in [-0.15, -0.1) is 0 Å². The van der Waals surface area contributed by atoms with Gasteiger partial charge in [0.1, 0.15) is 0 Å². The maximum absolute atomic E-state index is 8.28. The lowest BCUT2D eigenvalue weighted by atomic mass is 10.0. The molecule has 0 aliphatic heterocycles. The van der Waals surface area contributed by atoms with Gasteiger partial charge in [-0.2, -0.15) is 0 Å². The summed E-state index contributed by atoms with van der Waals surface area (Å²) in [7, 11) is 0. The molecule has 0 saturated carbocycles. The van der Waals surface area contributed by atoms with Crippen LogP contribution in [0.1, 0.15) is 12.0 Å². The topological polar surface area (TPSA) is 48.8 Å². The highest BCUT2D eigenvalue weighted by atomic mass is 15.1. The molecule has 0 radical (unpaired) electrons. The summed E-state index contributed by atoms with van der Waals surface area (Å²) < 4.78 is 0. The fourth-order valence-corrected chi connectivity index (χ4v) is 1.54. The Bertz CT molecular complexity index is 500. The molecule has 0 saturated heterocycles. The molecule has 0 bridgehead atoms. The molecule has 1 aromatic carbocycles. The van der Waals surface area contributed by atoms with Gasteiger partial charge in [-0.25, -0.2) is 0 Å². The molecule has 2 rings (SSSR count). The summed E-state index contributed by atoms with van der Waals surface area (Å²) in [6, 6.07) is 7.52. The smallest absolute Gasteiger partial charge is 0.0375 e. The van der Waals surface area contributed by atoms with Crippen LogP contribution in [0.2, 0.25) is 0 Å². The highest BCUT2D eigenvalue weighted by molar-refractivity contribution is 5.59. The van der Waals surface area contributed by atoms with Crippen molar-refractivity contribution in [1.29, 1.82) is 0 Å². The maximum atomic E-state index is 8.28. The van der Waals surface area contributed by atoms with Crippen molar-refractivity contribution in [3.05, 3.63) is 70.1 Å². The second-order valence-corrected chi connectivity index (χ2v) is 3.49. The van der Waals surface area contributed by atoms with Crippen LogP contribution < -0.4 is 0 Å². The predicted octanol–water partition coefficient (Wildman–Crippen LogP) is 4.53. The molecular weight excluding hydrogens is 198 g/mol. The molecule has 0 spiro atoms. The zero-order valence-corrected chi connectivity index (χ0v) is 8.74. The number of hydrogen-bond acceptors (Lipinski definition) is 1. The van der Waals surface area contributed by atoms with E-state index in [0.29, 0.717) is 5.69 Å². The molecule has 0 atom stereocenters. The van der Waals surface area contributed by atoms with Crippen molar-refractivity contribution in [2.45, 2.75) is 6.42 Å². The Morgan fingerprint density at radius 1 is 1.19 bits per heavy atom. The minimum atomic E-state index is 0.642. The van der Waals surface area contributed by atoms with E-state index in [0.717, 1.165) is 12.0 Å². The standard InChI is InChI=1S/C13H11N3/c14-16-15-13-8-6-12(7-9-13)10-11-4-2-1-3-5-11/h1-4,6-10H,5H2. The van der Waals surface area contributed by atoms with Crippen LogP contribution in [0.5, 0.6) is 0 Å². The third-order valence-corrected chi connectivity index (χ3v) is 2.32. The van der Waals surface area contributed by atoms with Crippen molar-refractivity contribution in [1.82, 2.24) is 0 Å². The van der Waals surface area contributed by atoms with Crippen molar-refractivity contribution >= 4 is 11.8 Å². The molecule has 1 aliphatic carbocycles. The van der Waals surface area contributed by atoms with Gasteiger partial charge in [0.05, 0.1) is 0 Å². The number of nitrogens with zero attached hydrogens (tertiary/aromatic N) is 3. The average molecular weight is 209 g/mol. The third kappa shape index (κ3) is 2.62. The quantitative estimate of drug-likeness (QED) is 0.390. The molecule has 0 aromatic heterocycles. The molecule has 16 heavy (non-hydrogen) atoms. The van der Waals surface area contributed by atoms with E-state index < -0.39 is 0 Å². The SMILES string of the molecule is [N-]=[N+]=Nc1ccc(C=C2C=CC=CC2)cc1. The van der Waals surface area contributed by atoms with E-state index in [4.69, 9.17) is 5.53 Å². The molecule has 0 amide bonds. The van der Waals surface area contributed by atoms with Crippen molar-refractivity contribution < 1.29 is 0 Å². The molecule has 0 heterocycles. The van der Waals surface area contributed by atoms with Gasteiger partial charge >= 0.3 is 0 Å². The molecule has 0 N–H and O–H groups in total. The fraction of sp³-hybridized carbons (Fsp3) is 0.0769. The van der Waals surface area contributed by atoms with E-state index in [-0.39, 0.29) is 0 Å². The number of allylic oxidation sites excluding steroid dienone is 5. The number of rotatable bonds is 2. The first kappa shape index (κ1) is 10.3. The number of benzene rings is 1. The second-order valence-electron chi connectivity index (χ2n) is 3.49. The Hall–Kier alpha value is -2.25. The van der Waals surface area contributed by atoms with Crippen LogP contribution in [0, 0.1) is 0 Å². The lowest BCUT2D eigenvalue weighted by Gasteiger charge is -2.02. The molecule has 3 nitrogen and oxygen atoms in total. The number of hydrogen-bond donors (Lipinski definition) is 0. The summed E-state index contributed by atoms with van der Waals surface area (Å²) in [6.07, 6.45) is 11.4. The van der Waals surface area contributed by atoms with Crippen molar-refractivity contribution in [3.8, 4) is 0 Å². The molecule has 0 unspecified atom stereocenters. The summed E-state index contributed by atoms with van der Waals surface area (Å²) in [6.45, 7) is 0. The Balaban J connectivity index is 2.19.